The van der Waals surface area contributed by atoms with Gasteiger partial charge < -0.3 is 10.5 Å². The Hall–Kier alpha value is -1.05. The van der Waals surface area contributed by atoms with Crippen LogP contribution in [0.3, 0.4) is 0 Å². The smallest absolute Gasteiger partial charge is 0.245 e. The third-order valence-corrected chi connectivity index (χ3v) is 2.86. The van der Waals surface area contributed by atoms with Crippen molar-refractivity contribution in [1.29, 1.82) is 0 Å². The molecule has 1 heterocycles. The van der Waals surface area contributed by atoms with Gasteiger partial charge in [-0.25, -0.2) is 0 Å². The molecule has 1 rings (SSSR count). The van der Waals surface area contributed by atoms with Gasteiger partial charge in [-0.2, -0.15) is 0 Å². The summed E-state index contributed by atoms with van der Waals surface area (Å²) in [5.74, 6) is -0.317. The van der Waals surface area contributed by atoms with Crippen LogP contribution in [0, 0.1) is 6.92 Å². The number of anilines is 1. The van der Waals surface area contributed by atoms with E-state index in [0.29, 0.717) is 5.13 Å². The van der Waals surface area contributed by atoms with Crippen LogP contribution in [-0.2, 0) is 9.53 Å². The Morgan fingerprint density at radius 1 is 1.44 bits per heavy atom. The molecule has 0 spiro atoms. The zero-order chi connectivity index (χ0) is 13.9. The second-order valence-electron chi connectivity index (χ2n) is 5.08. The average Bonchev–Trinajstić information content (AvgIpc) is 2.60. The van der Waals surface area contributed by atoms with Gasteiger partial charge in [-0.1, -0.05) is 11.3 Å². The molecule has 0 bridgehead atoms. The lowest BCUT2D eigenvalue weighted by Crippen LogP contribution is -2.47. The van der Waals surface area contributed by atoms with E-state index in [-0.39, 0.29) is 17.6 Å². The maximum Gasteiger partial charge on any atom is 0.245 e. The second-order valence-corrected chi connectivity index (χ2v) is 6.26. The number of nitrogens with two attached hydrogens (primary N) is 1. The zero-order valence-electron chi connectivity index (χ0n) is 11.4. The van der Waals surface area contributed by atoms with Crippen LogP contribution in [-0.4, -0.2) is 33.9 Å². The second kappa shape index (κ2) is 5.73. The molecule has 102 valence electrons. The predicted octanol–water partition coefficient (Wildman–Crippen LogP) is 1.32. The molecule has 7 heteroatoms. The number of hydrogen-bond acceptors (Lipinski definition) is 6. The summed E-state index contributed by atoms with van der Waals surface area (Å²) in [4.78, 5) is 11.9. The van der Waals surface area contributed by atoms with Crippen LogP contribution in [0.4, 0.5) is 5.13 Å². The number of carbonyl (C=O) groups excluding carboxylic acids is 1. The number of carbonyl (C=O) groups is 1. The van der Waals surface area contributed by atoms with E-state index in [2.05, 4.69) is 15.5 Å². The van der Waals surface area contributed by atoms with Crippen molar-refractivity contribution in [3.63, 3.8) is 0 Å². The van der Waals surface area contributed by atoms with Gasteiger partial charge in [-0.15, -0.1) is 10.2 Å². The van der Waals surface area contributed by atoms with Crippen LogP contribution in [0.5, 0.6) is 0 Å². The number of ether oxygens (including phenoxy) is 1. The molecule has 1 amide bonds. The molecule has 0 aliphatic rings. The molecule has 0 aliphatic carbocycles. The number of rotatable bonds is 4. The van der Waals surface area contributed by atoms with E-state index in [4.69, 9.17) is 10.5 Å². The minimum absolute atomic E-state index is 0.317. The first kappa shape index (κ1) is 15.0. The highest BCUT2D eigenvalue weighted by molar-refractivity contribution is 7.15. The Morgan fingerprint density at radius 2 is 2.06 bits per heavy atom. The Kier molecular flexibility index (Phi) is 4.78. The van der Waals surface area contributed by atoms with Crippen LogP contribution in [0.2, 0.25) is 0 Å². The first-order valence-corrected chi connectivity index (χ1v) is 6.55. The monoisotopic (exact) mass is 272 g/mol. The van der Waals surface area contributed by atoms with Crippen molar-refractivity contribution in [2.75, 3.05) is 5.32 Å². The highest BCUT2D eigenvalue weighted by Gasteiger charge is 2.26. The van der Waals surface area contributed by atoms with E-state index in [1.165, 1.54) is 11.3 Å². The summed E-state index contributed by atoms with van der Waals surface area (Å²) in [7, 11) is 0. The quantitative estimate of drug-likeness (QED) is 0.862. The number of nitrogens with zero attached hydrogens (tertiary/aromatic N) is 2. The number of nitrogens with one attached hydrogen (secondary N) is 1. The average molecular weight is 272 g/mol. The number of aromatic nitrogens is 2. The third-order valence-electron chi connectivity index (χ3n) is 2.10. The van der Waals surface area contributed by atoms with E-state index in [1.807, 2.05) is 27.7 Å². The summed E-state index contributed by atoms with van der Waals surface area (Å²) in [6.45, 7) is 9.35. The fourth-order valence-electron chi connectivity index (χ4n) is 1.38. The van der Waals surface area contributed by atoms with Gasteiger partial charge >= 0.3 is 0 Å². The van der Waals surface area contributed by atoms with Crippen molar-refractivity contribution in [3.8, 4) is 0 Å². The van der Waals surface area contributed by atoms with Crippen LogP contribution in [0.1, 0.15) is 32.7 Å². The normalized spacial score (nSPS) is 15.2. The van der Waals surface area contributed by atoms with Gasteiger partial charge in [0.1, 0.15) is 11.0 Å². The lowest BCUT2D eigenvalue weighted by atomic mass is 10.1. The summed E-state index contributed by atoms with van der Waals surface area (Å²) >= 11 is 1.31. The first-order chi connectivity index (χ1) is 8.19. The van der Waals surface area contributed by atoms with Crippen LogP contribution >= 0.6 is 11.3 Å². The summed E-state index contributed by atoms with van der Waals surface area (Å²) < 4.78 is 5.65. The van der Waals surface area contributed by atoms with Gasteiger partial charge in [0.2, 0.25) is 11.0 Å². The van der Waals surface area contributed by atoms with E-state index >= 15 is 0 Å². The Balaban J connectivity index is 2.56. The fourth-order valence-corrected chi connectivity index (χ4v) is 1.97. The minimum Gasteiger partial charge on any atom is -0.371 e. The predicted molar refractivity (Wildman–Crippen MR) is 71.6 cm³/mol. The maximum absolute atomic E-state index is 11.9. The van der Waals surface area contributed by atoms with Gasteiger partial charge in [-0.3, -0.25) is 10.1 Å². The van der Waals surface area contributed by atoms with Crippen molar-refractivity contribution in [2.45, 2.75) is 52.4 Å². The van der Waals surface area contributed by atoms with Crippen LogP contribution in [0.15, 0.2) is 0 Å². The molecule has 18 heavy (non-hydrogen) atoms. The largest absolute Gasteiger partial charge is 0.371 e. The summed E-state index contributed by atoms with van der Waals surface area (Å²) in [5.41, 5.74) is 5.51. The number of amides is 1. The molecule has 0 fully saturated rings. The third kappa shape index (κ3) is 4.67. The van der Waals surface area contributed by atoms with E-state index in [9.17, 15) is 4.79 Å². The SMILES string of the molecule is Cc1nnc(NC(=O)[C@@H](N)[C@@H](C)OC(C)(C)C)s1. The van der Waals surface area contributed by atoms with Crippen molar-refractivity contribution < 1.29 is 9.53 Å². The standard InChI is InChI=1S/C11H20N4O2S/c1-6(17-11(3,4)5)8(12)9(16)13-10-15-14-7(2)18-10/h6,8H,12H2,1-5H3,(H,13,15,16)/t6-,8+/m1/s1. The molecule has 1 aromatic rings. The molecule has 3 N–H and O–H groups in total. The van der Waals surface area contributed by atoms with Gasteiger partial charge in [0.15, 0.2) is 0 Å². The van der Waals surface area contributed by atoms with Crippen molar-refractivity contribution in [2.24, 2.45) is 5.73 Å². The molecule has 0 radical (unpaired) electrons. The number of aryl methyl sites for hydroxylation is 1. The summed E-state index contributed by atoms with van der Waals surface area (Å²) in [5, 5.41) is 11.5. The van der Waals surface area contributed by atoms with Gasteiger partial charge in [0.05, 0.1) is 11.7 Å². The van der Waals surface area contributed by atoms with Gasteiger partial charge in [0, 0.05) is 0 Å². The van der Waals surface area contributed by atoms with Gasteiger partial charge in [-0.05, 0) is 34.6 Å². The van der Waals surface area contributed by atoms with Crippen molar-refractivity contribution in [3.05, 3.63) is 5.01 Å². The molecular formula is C11H20N4O2S. The van der Waals surface area contributed by atoms with E-state index < -0.39 is 6.04 Å². The summed E-state index contributed by atoms with van der Waals surface area (Å²) in [6, 6.07) is -0.742. The van der Waals surface area contributed by atoms with Crippen LogP contribution in [0.25, 0.3) is 0 Å². The van der Waals surface area contributed by atoms with Gasteiger partial charge in [0.25, 0.3) is 0 Å². The fraction of sp³-hybridized carbons (Fsp3) is 0.727. The zero-order valence-corrected chi connectivity index (χ0v) is 12.2. The van der Waals surface area contributed by atoms with Crippen LogP contribution < -0.4 is 11.1 Å². The summed E-state index contributed by atoms with van der Waals surface area (Å²) in [6.07, 6.45) is -0.376. The van der Waals surface area contributed by atoms with E-state index in [0.717, 1.165) is 5.01 Å². The first-order valence-electron chi connectivity index (χ1n) is 5.73. The molecule has 2 atom stereocenters. The van der Waals surface area contributed by atoms with Crippen molar-refractivity contribution >= 4 is 22.4 Å². The molecule has 0 aliphatic heterocycles. The topological polar surface area (TPSA) is 90.1 Å². The Bertz CT molecular complexity index is 413. The highest BCUT2D eigenvalue weighted by Crippen LogP contribution is 2.16. The lowest BCUT2D eigenvalue weighted by Gasteiger charge is -2.28. The number of hydrogen-bond donors (Lipinski definition) is 2. The molecular weight excluding hydrogens is 252 g/mol. The van der Waals surface area contributed by atoms with Crippen molar-refractivity contribution in [1.82, 2.24) is 10.2 Å². The highest BCUT2D eigenvalue weighted by atomic mass is 32.1. The molecule has 0 unspecified atom stereocenters. The maximum atomic E-state index is 11.9. The Labute approximate surface area is 111 Å². The molecule has 1 aromatic heterocycles. The Morgan fingerprint density at radius 3 is 2.50 bits per heavy atom. The molecule has 0 saturated heterocycles. The molecule has 0 saturated carbocycles. The minimum atomic E-state index is -0.742. The molecule has 0 aromatic carbocycles. The molecule has 6 nitrogen and oxygen atoms in total. The van der Waals surface area contributed by atoms with E-state index in [1.54, 1.807) is 6.92 Å². The lowest BCUT2D eigenvalue weighted by molar-refractivity contribution is -0.124.